The van der Waals surface area contributed by atoms with Gasteiger partial charge < -0.3 is 9.84 Å². The predicted octanol–water partition coefficient (Wildman–Crippen LogP) is 3.59. The van der Waals surface area contributed by atoms with E-state index in [0.717, 1.165) is 11.1 Å². The van der Waals surface area contributed by atoms with E-state index in [2.05, 4.69) is 20.9 Å². The largest absolute Gasteiger partial charge is 0.354 e. The van der Waals surface area contributed by atoms with Gasteiger partial charge in [-0.3, -0.25) is 10.00 Å². The van der Waals surface area contributed by atoms with Gasteiger partial charge in [0.25, 0.3) is 0 Å². The van der Waals surface area contributed by atoms with Gasteiger partial charge in [0.15, 0.2) is 11.6 Å². The van der Waals surface area contributed by atoms with Gasteiger partial charge in [0.2, 0.25) is 0 Å². The van der Waals surface area contributed by atoms with Crippen LogP contribution >= 0.6 is 0 Å². The number of urea groups is 1. The minimum absolute atomic E-state index is 0.144. The number of hydrogen-bond donors (Lipinski definition) is 2. The molecule has 0 aliphatic rings. The molecule has 0 radical (unpaired) electrons. The van der Waals surface area contributed by atoms with E-state index >= 15 is 0 Å². The molecule has 2 N–H and O–H groups in total. The Morgan fingerprint density at radius 2 is 2.00 bits per heavy atom. The summed E-state index contributed by atoms with van der Waals surface area (Å²) < 4.78 is 7.00. The molecule has 2 aromatic heterocycles. The first kappa shape index (κ1) is 16.8. The standard InChI is InChI=1S/C18H21N5O2/c1-12(2)17(14-10-19-23(3)11-14)21-18(24)20-16-9-15(25-22-16)13-7-5-4-6-8-13/h4-12,17H,1-3H3,(H2,20,21,22,24). The number of amides is 2. The van der Waals surface area contributed by atoms with E-state index in [4.69, 9.17) is 4.52 Å². The summed E-state index contributed by atoms with van der Waals surface area (Å²) >= 11 is 0. The number of nitrogens with one attached hydrogen (secondary N) is 2. The molecule has 0 fully saturated rings. The molecule has 1 aromatic carbocycles. The molecule has 7 nitrogen and oxygen atoms in total. The number of carbonyl (C=O) groups excluding carboxylic acids is 1. The number of rotatable bonds is 5. The SMILES string of the molecule is CC(C)C(NC(=O)Nc1cc(-c2ccccc2)on1)c1cnn(C)c1. The highest BCUT2D eigenvalue weighted by Crippen LogP contribution is 2.23. The van der Waals surface area contributed by atoms with E-state index < -0.39 is 0 Å². The Kier molecular flexibility index (Phi) is 4.83. The highest BCUT2D eigenvalue weighted by atomic mass is 16.5. The fourth-order valence-electron chi connectivity index (χ4n) is 2.60. The predicted molar refractivity (Wildman–Crippen MR) is 94.9 cm³/mol. The van der Waals surface area contributed by atoms with E-state index in [-0.39, 0.29) is 18.0 Å². The van der Waals surface area contributed by atoms with Crippen molar-refractivity contribution in [2.45, 2.75) is 19.9 Å². The fraction of sp³-hybridized carbons (Fsp3) is 0.278. The zero-order chi connectivity index (χ0) is 17.8. The molecule has 2 heterocycles. The summed E-state index contributed by atoms with van der Waals surface area (Å²) in [6, 6.07) is 10.8. The molecule has 7 heteroatoms. The molecule has 1 atom stereocenters. The van der Waals surface area contributed by atoms with Crippen LogP contribution in [0.25, 0.3) is 11.3 Å². The third-order valence-electron chi connectivity index (χ3n) is 3.85. The summed E-state index contributed by atoms with van der Waals surface area (Å²) in [6.07, 6.45) is 3.66. The molecule has 0 saturated heterocycles. The minimum Gasteiger partial charge on any atom is -0.354 e. The van der Waals surface area contributed by atoms with Crippen LogP contribution in [0.2, 0.25) is 0 Å². The lowest BCUT2D eigenvalue weighted by atomic mass is 9.99. The van der Waals surface area contributed by atoms with Gasteiger partial charge in [-0.25, -0.2) is 4.79 Å². The van der Waals surface area contributed by atoms with Gasteiger partial charge in [0, 0.05) is 30.4 Å². The Morgan fingerprint density at radius 1 is 1.24 bits per heavy atom. The van der Waals surface area contributed by atoms with E-state index in [0.29, 0.717) is 11.6 Å². The molecule has 3 aromatic rings. The van der Waals surface area contributed by atoms with Crippen LogP contribution in [0.3, 0.4) is 0 Å². The Bertz CT molecular complexity index is 838. The lowest BCUT2D eigenvalue weighted by molar-refractivity contribution is 0.244. The van der Waals surface area contributed by atoms with Crippen LogP contribution in [-0.4, -0.2) is 21.0 Å². The van der Waals surface area contributed by atoms with Crippen molar-refractivity contribution in [3.05, 3.63) is 54.4 Å². The van der Waals surface area contributed by atoms with E-state index in [1.165, 1.54) is 0 Å². The monoisotopic (exact) mass is 339 g/mol. The first-order valence-corrected chi connectivity index (χ1v) is 8.11. The van der Waals surface area contributed by atoms with Gasteiger partial charge in [-0.1, -0.05) is 49.3 Å². The Morgan fingerprint density at radius 3 is 2.64 bits per heavy atom. The Labute approximate surface area is 146 Å². The van der Waals surface area contributed by atoms with Gasteiger partial charge in [-0.05, 0) is 5.92 Å². The number of hydrogen-bond acceptors (Lipinski definition) is 4. The second kappa shape index (κ2) is 7.21. The minimum atomic E-state index is -0.338. The smallest absolute Gasteiger partial charge is 0.320 e. The van der Waals surface area contributed by atoms with Crippen molar-refractivity contribution >= 4 is 11.8 Å². The van der Waals surface area contributed by atoms with Gasteiger partial charge in [-0.15, -0.1) is 0 Å². The van der Waals surface area contributed by atoms with Crippen LogP contribution in [0, 0.1) is 5.92 Å². The average molecular weight is 339 g/mol. The first-order chi connectivity index (χ1) is 12.0. The molecule has 3 rings (SSSR count). The summed E-state index contributed by atoms with van der Waals surface area (Å²) in [4.78, 5) is 12.3. The zero-order valence-corrected chi connectivity index (χ0v) is 14.4. The maximum atomic E-state index is 12.3. The molecular formula is C18H21N5O2. The maximum Gasteiger partial charge on any atom is 0.320 e. The average Bonchev–Trinajstić information content (AvgIpc) is 3.22. The van der Waals surface area contributed by atoms with Crippen LogP contribution in [0.1, 0.15) is 25.5 Å². The molecule has 0 aliphatic heterocycles. The summed E-state index contributed by atoms with van der Waals surface area (Å²) in [5.74, 6) is 1.18. The third kappa shape index (κ3) is 4.06. The lowest BCUT2D eigenvalue weighted by Gasteiger charge is -2.21. The van der Waals surface area contributed by atoms with Gasteiger partial charge in [-0.2, -0.15) is 5.10 Å². The molecule has 0 aliphatic carbocycles. The van der Waals surface area contributed by atoms with Crippen molar-refractivity contribution in [1.82, 2.24) is 20.3 Å². The van der Waals surface area contributed by atoms with Gasteiger partial charge in [0.05, 0.1) is 12.2 Å². The number of aromatic nitrogens is 3. The number of nitrogens with zero attached hydrogens (tertiary/aromatic N) is 3. The van der Waals surface area contributed by atoms with Crippen molar-refractivity contribution in [3.8, 4) is 11.3 Å². The van der Waals surface area contributed by atoms with Crippen molar-refractivity contribution in [2.75, 3.05) is 5.32 Å². The molecule has 25 heavy (non-hydrogen) atoms. The molecular weight excluding hydrogens is 318 g/mol. The molecule has 2 amide bonds. The van der Waals surface area contributed by atoms with Crippen LogP contribution < -0.4 is 10.6 Å². The first-order valence-electron chi connectivity index (χ1n) is 8.11. The molecule has 1 unspecified atom stereocenters. The summed E-state index contributed by atoms with van der Waals surface area (Å²) in [7, 11) is 1.85. The van der Waals surface area contributed by atoms with Crippen LogP contribution in [-0.2, 0) is 7.05 Å². The van der Waals surface area contributed by atoms with Crippen LogP contribution in [0.15, 0.2) is 53.3 Å². The number of anilines is 1. The van der Waals surface area contributed by atoms with Crippen LogP contribution in [0.4, 0.5) is 10.6 Å². The number of carbonyl (C=O) groups is 1. The third-order valence-corrected chi connectivity index (χ3v) is 3.85. The second-order valence-electron chi connectivity index (χ2n) is 6.21. The summed E-state index contributed by atoms with van der Waals surface area (Å²) in [5.41, 5.74) is 1.86. The normalized spacial score (nSPS) is 12.2. The van der Waals surface area contributed by atoms with Gasteiger partial charge >= 0.3 is 6.03 Å². The topological polar surface area (TPSA) is 85.0 Å². The number of aryl methyl sites for hydroxylation is 1. The van der Waals surface area contributed by atoms with E-state index in [1.807, 2.05) is 57.4 Å². The van der Waals surface area contributed by atoms with Crippen molar-refractivity contribution in [1.29, 1.82) is 0 Å². The highest BCUT2D eigenvalue weighted by molar-refractivity contribution is 5.89. The van der Waals surface area contributed by atoms with E-state index in [1.54, 1.807) is 16.9 Å². The zero-order valence-electron chi connectivity index (χ0n) is 14.4. The fourth-order valence-corrected chi connectivity index (χ4v) is 2.60. The molecule has 130 valence electrons. The van der Waals surface area contributed by atoms with Crippen molar-refractivity contribution < 1.29 is 9.32 Å². The maximum absolute atomic E-state index is 12.3. The second-order valence-corrected chi connectivity index (χ2v) is 6.21. The van der Waals surface area contributed by atoms with Crippen molar-refractivity contribution in [3.63, 3.8) is 0 Å². The summed E-state index contributed by atoms with van der Waals surface area (Å²) in [5, 5.41) is 13.7. The van der Waals surface area contributed by atoms with E-state index in [9.17, 15) is 4.79 Å². The molecule has 0 bridgehead atoms. The Balaban J connectivity index is 1.67. The molecule has 0 saturated carbocycles. The Hall–Kier alpha value is -3.09. The van der Waals surface area contributed by atoms with Crippen molar-refractivity contribution in [2.24, 2.45) is 13.0 Å². The highest BCUT2D eigenvalue weighted by Gasteiger charge is 2.20. The van der Waals surface area contributed by atoms with Gasteiger partial charge in [0.1, 0.15) is 0 Å². The quantitative estimate of drug-likeness (QED) is 0.744. The molecule has 0 spiro atoms. The van der Waals surface area contributed by atoms with Crippen LogP contribution in [0.5, 0.6) is 0 Å². The number of benzene rings is 1. The lowest BCUT2D eigenvalue weighted by Crippen LogP contribution is -2.35. The summed E-state index contributed by atoms with van der Waals surface area (Å²) in [6.45, 7) is 4.09.